The first kappa shape index (κ1) is 34.5. The Labute approximate surface area is 298 Å². The highest BCUT2D eigenvalue weighted by atomic mass is 16.5. The molecule has 7 rings (SSSR count). The van der Waals surface area contributed by atoms with E-state index in [2.05, 4.69) is 93.4 Å². The van der Waals surface area contributed by atoms with E-state index < -0.39 is 11.7 Å². The van der Waals surface area contributed by atoms with Crippen molar-refractivity contribution in [1.29, 1.82) is 0 Å². The van der Waals surface area contributed by atoms with Crippen molar-refractivity contribution in [3.05, 3.63) is 113 Å². The first-order valence-electron chi connectivity index (χ1n) is 17.9. The quantitative estimate of drug-likeness (QED) is 0.195. The van der Waals surface area contributed by atoms with Gasteiger partial charge in [-0.15, -0.1) is 0 Å². The largest absolute Gasteiger partial charge is 0.493 e. The van der Waals surface area contributed by atoms with E-state index in [1.807, 2.05) is 23.7 Å². The minimum atomic E-state index is -0.658. The van der Waals surface area contributed by atoms with Gasteiger partial charge < -0.3 is 24.4 Å². The van der Waals surface area contributed by atoms with Crippen molar-refractivity contribution in [2.45, 2.75) is 64.8 Å². The van der Waals surface area contributed by atoms with Crippen molar-refractivity contribution in [2.24, 2.45) is 5.92 Å². The van der Waals surface area contributed by atoms with Gasteiger partial charge in [0, 0.05) is 43.5 Å². The van der Waals surface area contributed by atoms with E-state index in [1.165, 1.54) is 38.0 Å². The number of piperazine rings is 1. The molecule has 2 aromatic heterocycles. The lowest BCUT2D eigenvalue weighted by Gasteiger charge is -2.37. The maximum atomic E-state index is 13.0. The van der Waals surface area contributed by atoms with Crippen molar-refractivity contribution in [3.63, 3.8) is 0 Å². The van der Waals surface area contributed by atoms with Crippen LogP contribution in [0.25, 0.3) is 5.69 Å². The van der Waals surface area contributed by atoms with Crippen LogP contribution in [-0.4, -0.2) is 79.7 Å². The lowest BCUT2D eigenvalue weighted by Crippen LogP contribution is -2.46. The zero-order chi connectivity index (χ0) is 35.5. The van der Waals surface area contributed by atoms with E-state index in [0.717, 1.165) is 49.7 Å². The lowest BCUT2D eigenvalue weighted by atomic mass is 9.84. The van der Waals surface area contributed by atoms with E-state index in [0.29, 0.717) is 26.2 Å². The van der Waals surface area contributed by atoms with E-state index >= 15 is 0 Å². The van der Waals surface area contributed by atoms with Crippen LogP contribution in [0.15, 0.2) is 90.5 Å². The van der Waals surface area contributed by atoms with Gasteiger partial charge in [0.25, 0.3) is 0 Å². The van der Waals surface area contributed by atoms with Crippen LogP contribution < -0.4 is 20.2 Å². The Balaban J connectivity index is 0.923. The molecule has 12 nitrogen and oxygen atoms in total. The van der Waals surface area contributed by atoms with Crippen LogP contribution in [0.4, 0.5) is 11.4 Å². The number of hydrogen-bond donors (Lipinski definition) is 1. The number of hydrogen-bond acceptors (Lipinski definition) is 9. The summed E-state index contributed by atoms with van der Waals surface area (Å²) in [5.41, 5.74) is 6.00. The Morgan fingerprint density at radius 1 is 0.922 bits per heavy atom. The average molecular weight is 693 g/mol. The summed E-state index contributed by atoms with van der Waals surface area (Å²) in [6.45, 7) is 13.3. The van der Waals surface area contributed by atoms with Gasteiger partial charge in [0.05, 0.1) is 37.6 Å². The van der Waals surface area contributed by atoms with Gasteiger partial charge in [0.15, 0.2) is 0 Å². The third kappa shape index (κ3) is 7.29. The summed E-state index contributed by atoms with van der Waals surface area (Å²) in [5.74, 6) is 1.11. The first-order valence-corrected chi connectivity index (χ1v) is 17.9. The molecule has 12 heteroatoms. The summed E-state index contributed by atoms with van der Waals surface area (Å²) < 4.78 is 17.7. The fourth-order valence-electron chi connectivity index (χ4n) is 7.71. The number of aliphatic hydroxyl groups is 1. The Hall–Kier alpha value is -4.94. The predicted molar refractivity (Wildman–Crippen MR) is 197 cm³/mol. The molecule has 0 saturated carbocycles. The van der Waals surface area contributed by atoms with Crippen molar-refractivity contribution >= 4 is 11.4 Å². The van der Waals surface area contributed by atoms with Crippen molar-refractivity contribution in [2.75, 3.05) is 49.2 Å². The molecule has 2 aliphatic heterocycles. The SMILES string of the molecule is CCC([C@H](C)O)n1ncn(-c2ccc(N3CCN(c4ccc(OC[C@@H]5CO[C@@](Cn6cncn6)(c6ccc(C)cc6C)C5)cc4)CC3)cc2)c1=O. The molecule has 2 saturated heterocycles. The summed E-state index contributed by atoms with van der Waals surface area (Å²) in [6.07, 6.45) is 5.66. The van der Waals surface area contributed by atoms with E-state index in [4.69, 9.17) is 9.47 Å². The highest BCUT2D eigenvalue weighted by molar-refractivity contribution is 5.54. The molecule has 0 aliphatic carbocycles. The molecule has 4 atom stereocenters. The normalized spacial score (nSPS) is 20.5. The summed E-state index contributed by atoms with van der Waals surface area (Å²) in [5, 5.41) is 18.7. The fourth-order valence-corrected chi connectivity index (χ4v) is 7.71. The summed E-state index contributed by atoms with van der Waals surface area (Å²) >= 11 is 0. The Morgan fingerprint density at radius 3 is 2.20 bits per heavy atom. The van der Waals surface area contributed by atoms with Gasteiger partial charge in [-0.1, -0.05) is 30.7 Å². The van der Waals surface area contributed by atoms with Crippen LogP contribution in [0, 0.1) is 19.8 Å². The number of aromatic nitrogens is 6. The molecule has 0 amide bonds. The zero-order valence-electron chi connectivity index (χ0n) is 29.9. The predicted octanol–water partition coefficient (Wildman–Crippen LogP) is 4.91. The molecular weight excluding hydrogens is 644 g/mol. The molecule has 0 bridgehead atoms. The maximum absolute atomic E-state index is 13.0. The van der Waals surface area contributed by atoms with Crippen molar-refractivity contribution in [1.82, 2.24) is 29.1 Å². The number of nitrogens with zero attached hydrogens (tertiary/aromatic N) is 8. The molecule has 1 N–H and O–H groups in total. The van der Waals surface area contributed by atoms with Gasteiger partial charge in [-0.25, -0.2) is 23.7 Å². The van der Waals surface area contributed by atoms with Crippen LogP contribution in [0.5, 0.6) is 5.75 Å². The third-order valence-corrected chi connectivity index (χ3v) is 10.4. The number of benzene rings is 3. The average Bonchev–Trinajstić information content (AvgIpc) is 3.90. The highest BCUT2D eigenvalue weighted by Crippen LogP contribution is 2.42. The Bertz CT molecular complexity index is 1950. The smallest absolute Gasteiger partial charge is 0.350 e. The minimum Gasteiger partial charge on any atom is -0.493 e. The summed E-state index contributed by atoms with van der Waals surface area (Å²) in [4.78, 5) is 21.9. The maximum Gasteiger partial charge on any atom is 0.350 e. The van der Waals surface area contributed by atoms with Gasteiger partial charge in [-0.3, -0.25) is 0 Å². The van der Waals surface area contributed by atoms with E-state index in [1.54, 1.807) is 19.6 Å². The molecule has 4 heterocycles. The number of rotatable bonds is 12. The number of aryl methyl sites for hydroxylation is 2. The third-order valence-electron chi connectivity index (χ3n) is 10.4. The minimum absolute atomic E-state index is 0.248. The second-order valence-corrected chi connectivity index (χ2v) is 14.0. The summed E-state index contributed by atoms with van der Waals surface area (Å²) in [7, 11) is 0. The Morgan fingerprint density at radius 2 is 1.59 bits per heavy atom. The van der Waals surface area contributed by atoms with Crippen LogP contribution >= 0.6 is 0 Å². The van der Waals surface area contributed by atoms with E-state index in [9.17, 15) is 9.90 Å². The van der Waals surface area contributed by atoms with Crippen LogP contribution in [0.1, 0.15) is 49.4 Å². The number of ether oxygens (including phenoxy) is 2. The standard InChI is InChI=1S/C39H48N8O4/c1-5-37(30(4)48)47-38(49)46(27-42-47)34-9-7-32(8-10-34)43-16-18-44(19-17-43)33-11-13-35(14-12-33)50-22-31-21-39(51-23-31,24-45-26-40-25-41-45)36-15-6-28(2)20-29(36)3/h6-15,20,25-27,30-31,37,48H,5,16-19,21-24H2,1-4H3/t30-,31+,37?,39-/m0/s1. The van der Waals surface area contributed by atoms with Crippen LogP contribution in [-0.2, 0) is 16.9 Å². The van der Waals surface area contributed by atoms with Gasteiger partial charge in [-0.05, 0) is 93.3 Å². The van der Waals surface area contributed by atoms with Crippen LogP contribution in [0.3, 0.4) is 0 Å². The van der Waals surface area contributed by atoms with Crippen molar-refractivity contribution < 1.29 is 14.6 Å². The van der Waals surface area contributed by atoms with E-state index in [-0.39, 0.29) is 17.6 Å². The van der Waals surface area contributed by atoms with Gasteiger partial charge in [-0.2, -0.15) is 10.2 Å². The Kier molecular flexibility index (Phi) is 9.97. The first-order chi connectivity index (χ1) is 24.7. The van der Waals surface area contributed by atoms with Crippen LogP contribution in [0.2, 0.25) is 0 Å². The number of aliphatic hydroxyl groups excluding tert-OH is 1. The molecule has 268 valence electrons. The molecule has 51 heavy (non-hydrogen) atoms. The topological polar surface area (TPSA) is 116 Å². The molecule has 5 aromatic rings. The molecule has 2 fully saturated rings. The monoisotopic (exact) mass is 692 g/mol. The second kappa shape index (κ2) is 14.7. The van der Waals surface area contributed by atoms with Crippen molar-refractivity contribution in [3.8, 4) is 11.4 Å². The molecule has 0 spiro atoms. The highest BCUT2D eigenvalue weighted by Gasteiger charge is 2.43. The number of anilines is 2. The molecule has 2 aliphatic rings. The van der Waals surface area contributed by atoms with Gasteiger partial charge in [0.1, 0.15) is 30.3 Å². The lowest BCUT2D eigenvalue weighted by molar-refractivity contribution is -0.0184. The molecule has 1 unspecified atom stereocenters. The summed E-state index contributed by atoms with van der Waals surface area (Å²) in [6, 6.07) is 22.7. The molecule has 3 aromatic carbocycles. The molecule has 0 radical (unpaired) electrons. The second-order valence-electron chi connectivity index (χ2n) is 14.0. The van der Waals surface area contributed by atoms with Gasteiger partial charge in [0.2, 0.25) is 0 Å². The molecular formula is C39H48N8O4. The zero-order valence-corrected chi connectivity index (χ0v) is 29.9. The fraction of sp³-hybridized carbons (Fsp3) is 0.436. The van der Waals surface area contributed by atoms with Gasteiger partial charge >= 0.3 is 5.69 Å².